The van der Waals surface area contributed by atoms with Crippen LogP contribution in [0.2, 0.25) is 0 Å². The Morgan fingerprint density at radius 3 is 2.30 bits per heavy atom. The molecule has 0 atom stereocenters. The Labute approximate surface area is 120 Å². The molecule has 0 unspecified atom stereocenters. The van der Waals surface area contributed by atoms with E-state index in [1.54, 1.807) is 0 Å². The van der Waals surface area contributed by atoms with Gasteiger partial charge >= 0.3 is 0 Å². The molecule has 0 aliphatic carbocycles. The first-order chi connectivity index (χ1) is 9.48. The monoisotopic (exact) mass is 270 g/mol. The lowest BCUT2D eigenvalue weighted by atomic mass is 9.85. The molecular weight excluding hydrogens is 248 g/mol. The van der Waals surface area contributed by atoms with Gasteiger partial charge in [0, 0.05) is 17.8 Å². The first-order valence-corrected chi connectivity index (χ1v) is 6.84. The average Bonchev–Trinajstić information content (AvgIpc) is 2.40. The Kier molecular flexibility index (Phi) is 4.30. The molecule has 0 spiro atoms. The molecule has 2 rings (SSSR count). The van der Waals surface area contributed by atoms with Crippen LogP contribution >= 0.6 is 0 Å². The fraction of sp³-hybridized carbons (Fsp3) is 0.294. The predicted octanol–water partition coefficient (Wildman–Crippen LogP) is 3.81. The molecular formula is C17H22N2O. The van der Waals surface area contributed by atoms with Crippen LogP contribution in [0.4, 0.5) is 5.69 Å². The van der Waals surface area contributed by atoms with Crippen LogP contribution < -0.4 is 10.9 Å². The second kappa shape index (κ2) is 5.97. The van der Waals surface area contributed by atoms with E-state index >= 15 is 0 Å². The predicted molar refractivity (Wildman–Crippen MR) is 83.7 cm³/mol. The van der Waals surface area contributed by atoms with Crippen LogP contribution in [0.5, 0.6) is 5.75 Å². The number of phenolic OH excluding ortho intramolecular Hbond substituents is 1. The molecule has 3 nitrogen and oxygen atoms in total. The van der Waals surface area contributed by atoms with E-state index in [0.29, 0.717) is 12.3 Å². The lowest BCUT2D eigenvalue weighted by Gasteiger charge is -2.22. The molecule has 3 heteroatoms. The van der Waals surface area contributed by atoms with Crippen molar-refractivity contribution in [3.8, 4) is 5.75 Å². The molecule has 0 saturated carbocycles. The Morgan fingerprint density at radius 2 is 1.65 bits per heavy atom. The van der Waals surface area contributed by atoms with Gasteiger partial charge in [-0.05, 0) is 23.1 Å². The Morgan fingerprint density at radius 1 is 0.950 bits per heavy atom. The largest absolute Gasteiger partial charge is 0.507 e. The molecule has 0 saturated heterocycles. The van der Waals surface area contributed by atoms with Gasteiger partial charge in [0.25, 0.3) is 0 Å². The number of hydrogen-bond donors (Lipinski definition) is 3. The third-order valence-corrected chi connectivity index (χ3v) is 3.21. The number of anilines is 1. The minimum absolute atomic E-state index is 0.0625. The standard InChI is InChI=1S/C17H22N2O/c1-17(2,3)15-11-7-8-13(16(15)20)12-18-19-14-9-5-4-6-10-14/h4-11,18-20H,12H2,1-3H3. The van der Waals surface area contributed by atoms with Crippen LogP contribution in [0.25, 0.3) is 0 Å². The van der Waals surface area contributed by atoms with Gasteiger partial charge in [0.2, 0.25) is 0 Å². The van der Waals surface area contributed by atoms with Crippen molar-refractivity contribution >= 4 is 5.69 Å². The summed E-state index contributed by atoms with van der Waals surface area (Å²) in [6, 6.07) is 15.8. The van der Waals surface area contributed by atoms with Crippen LogP contribution in [0, 0.1) is 0 Å². The fourth-order valence-corrected chi connectivity index (χ4v) is 2.10. The van der Waals surface area contributed by atoms with Gasteiger partial charge < -0.3 is 10.5 Å². The SMILES string of the molecule is CC(C)(C)c1cccc(CNNc2ccccc2)c1O. The highest BCUT2D eigenvalue weighted by atomic mass is 16.3. The number of para-hydroxylation sites is 2. The number of benzene rings is 2. The minimum atomic E-state index is -0.0625. The third kappa shape index (κ3) is 3.52. The van der Waals surface area contributed by atoms with E-state index in [9.17, 15) is 5.11 Å². The summed E-state index contributed by atoms with van der Waals surface area (Å²) in [6.07, 6.45) is 0. The number of aromatic hydroxyl groups is 1. The van der Waals surface area contributed by atoms with Crippen LogP contribution in [-0.4, -0.2) is 5.11 Å². The summed E-state index contributed by atoms with van der Waals surface area (Å²) in [5.74, 6) is 0.377. The second-order valence-electron chi connectivity index (χ2n) is 5.91. The molecule has 0 aliphatic heterocycles. The zero-order valence-electron chi connectivity index (χ0n) is 12.3. The zero-order chi connectivity index (χ0) is 14.6. The second-order valence-corrected chi connectivity index (χ2v) is 5.91. The van der Waals surface area contributed by atoms with Crippen molar-refractivity contribution in [2.75, 3.05) is 5.43 Å². The molecule has 0 radical (unpaired) electrons. The number of hydrazine groups is 1. The third-order valence-electron chi connectivity index (χ3n) is 3.21. The van der Waals surface area contributed by atoms with Gasteiger partial charge in [-0.1, -0.05) is 57.2 Å². The number of phenols is 1. The molecule has 20 heavy (non-hydrogen) atoms. The lowest BCUT2D eigenvalue weighted by Crippen LogP contribution is -2.21. The Bertz CT molecular complexity index is 559. The highest BCUT2D eigenvalue weighted by molar-refractivity contribution is 5.45. The Balaban J connectivity index is 2.04. The van der Waals surface area contributed by atoms with Crippen molar-refractivity contribution in [3.05, 3.63) is 59.7 Å². The summed E-state index contributed by atoms with van der Waals surface area (Å²) >= 11 is 0. The maximum Gasteiger partial charge on any atom is 0.123 e. The summed E-state index contributed by atoms with van der Waals surface area (Å²) in [6.45, 7) is 6.86. The van der Waals surface area contributed by atoms with Crippen LogP contribution in [0.15, 0.2) is 48.5 Å². The summed E-state index contributed by atoms with van der Waals surface area (Å²) < 4.78 is 0. The normalized spacial score (nSPS) is 11.3. The van der Waals surface area contributed by atoms with E-state index in [-0.39, 0.29) is 5.41 Å². The quantitative estimate of drug-likeness (QED) is 0.740. The van der Waals surface area contributed by atoms with Crippen molar-refractivity contribution in [3.63, 3.8) is 0 Å². The molecule has 0 fully saturated rings. The molecule has 0 aromatic heterocycles. The molecule has 0 bridgehead atoms. The molecule has 106 valence electrons. The van der Waals surface area contributed by atoms with Crippen molar-refractivity contribution in [1.82, 2.24) is 5.43 Å². The van der Waals surface area contributed by atoms with Crippen LogP contribution in [0.1, 0.15) is 31.9 Å². The zero-order valence-corrected chi connectivity index (χ0v) is 12.3. The van der Waals surface area contributed by atoms with Crippen LogP contribution in [0.3, 0.4) is 0 Å². The first-order valence-electron chi connectivity index (χ1n) is 6.84. The van der Waals surface area contributed by atoms with Gasteiger partial charge in [-0.3, -0.25) is 0 Å². The van der Waals surface area contributed by atoms with Gasteiger partial charge in [0.1, 0.15) is 5.75 Å². The van der Waals surface area contributed by atoms with E-state index in [4.69, 9.17) is 0 Å². The first kappa shape index (κ1) is 14.4. The van der Waals surface area contributed by atoms with Crippen molar-refractivity contribution in [2.45, 2.75) is 32.7 Å². The summed E-state index contributed by atoms with van der Waals surface area (Å²) in [5.41, 5.74) is 9.04. The van der Waals surface area contributed by atoms with Gasteiger partial charge in [-0.15, -0.1) is 0 Å². The van der Waals surface area contributed by atoms with E-state index in [1.807, 2.05) is 48.5 Å². The minimum Gasteiger partial charge on any atom is -0.507 e. The smallest absolute Gasteiger partial charge is 0.123 e. The maximum atomic E-state index is 10.4. The van der Waals surface area contributed by atoms with Crippen LogP contribution in [-0.2, 0) is 12.0 Å². The highest BCUT2D eigenvalue weighted by Gasteiger charge is 2.19. The van der Waals surface area contributed by atoms with Crippen molar-refractivity contribution in [1.29, 1.82) is 0 Å². The summed E-state index contributed by atoms with van der Waals surface area (Å²) in [5, 5.41) is 10.4. The molecule has 0 aliphatic rings. The van der Waals surface area contributed by atoms with E-state index < -0.39 is 0 Å². The number of rotatable bonds is 4. The van der Waals surface area contributed by atoms with Gasteiger partial charge in [0.05, 0.1) is 0 Å². The Hall–Kier alpha value is -2.00. The molecule has 0 amide bonds. The molecule has 0 heterocycles. The lowest BCUT2D eigenvalue weighted by molar-refractivity contribution is 0.438. The average molecular weight is 270 g/mol. The van der Waals surface area contributed by atoms with E-state index in [0.717, 1.165) is 16.8 Å². The number of hydrogen-bond acceptors (Lipinski definition) is 3. The molecule has 3 N–H and O–H groups in total. The molecule has 2 aromatic carbocycles. The maximum absolute atomic E-state index is 10.4. The fourth-order valence-electron chi connectivity index (χ4n) is 2.10. The van der Waals surface area contributed by atoms with E-state index in [2.05, 4.69) is 31.6 Å². The van der Waals surface area contributed by atoms with Crippen molar-refractivity contribution in [2.24, 2.45) is 0 Å². The topological polar surface area (TPSA) is 44.3 Å². The molecule has 2 aromatic rings. The van der Waals surface area contributed by atoms with Crippen molar-refractivity contribution < 1.29 is 5.11 Å². The summed E-state index contributed by atoms with van der Waals surface area (Å²) in [4.78, 5) is 0. The highest BCUT2D eigenvalue weighted by Crippen LogP contribution is 2.32. The van der Waals surface area contributed by atoms with E-state index in [1.165, 1.54) is 0 Å². The number of nitrogens with one attached hydrogen (secondary N) is 2. The van der Waals surface area contributed by atoms with Gasteiger partial charge in [-0.25, -0.2) is 5.43 Å². The van der Waals surface area contributed by atoms with Gasteiger partial charge in [0.15, 0.2) is 0 Å². The van der Waals surface area contributed by atoms with Gasteiger partial charge in [-0.2, -0.15) is 0 Å². The summed E-state index contributed by atoms with van der Waals surface area (Å²) in [7, 11) is 0.